The molecule has 1 amide bonds. The average Bonchev–Trinajstić information content (AvgIpc) is 2.65. The van der Waals surface area contributed by atoms with E-state index < -0.39 is 10.0 Å². The largest absolute Gasteiger partial charge is 0.342 e. The minimum atomic E-state index is -3.72. The van der Waals surface area contributed by atoms with Crippen LogP contribution in [0.25, 0.3) is 0 Å². The Labute approximate surface area is 162 Å². The number of hydrogen-bond donors (Lipinski definition) is 1. The topological polar surface area (TPSA) is 66.5 Å². The van der Waals surface area contributed by atoms with Gasteiger partial charge in [0.1, 0.15) is 0 Å². The van der Waals surface area contributed by atoms with Crippen LogP contribution in [0.3, 0.4) is 0 Å². The van der Waals surface area contributed by atoms with Gasteiger partial charge in [-0.05, 0) is 48.2 Å². The summed E-state index contributed by atoms with van der Waals surface area (Å²) >= 11 is 0. The van der Waals surface area contributed by atoms with E-state index in [1.54, 1.807) is 36.2 Å². The van der Waals surface area contributed by atoms with Crippen LogP contribution in [0.15, 0.2) is 53.4 Å². The average molecular weight is 389 g/mol. The van der Waals surface area contributed by atoms with E-state index in [4.69, 9.17) is 0 Å². The van der Waals surface area contributed by atoms with Gasteiger partial charge in [-0.3, -0.25) is 9.52 Å². The summed E-state index contributed by atoms with van der Waals surface area (Å²) in [5.41, 5.74) is 1.99. The Morgan fingerprint density at radius 2 is 1.70 bits per heavy atom. The van der Waals surface area contributed by atoms with Gasteiger partial charge in [-0.25, -0.2) is 8.42 Å². The molecule has 0 bridgehead atoms. The van der Waals surface area contributed by atoms with Crippen LogP contribution in [0.1, 0.15) is 55.5 Å². The molecule has 0 atom stereocenters. The first-order valence-electron chi connectivity index (χ1n) is 9.23. The van der Waals surface area contributed by atoms with Crippen LogP contribution in [0.5, 0.6) is 0 Å². The fourth-order valence-electron chi connectivity index (χ4n) is 2.79. The summed E-state index contributed by atoms with van der Waals surface area (Å²) < 4.78 is 28.1. The van der Waals surface area contributed by atoms with Crippen LogP contribution >= 0.6 is 0 Å². The maximum atomic E-state index is 12.7. The van der Waals surface area contributed by atoms with E-state index in [2.05, 4.69) is 11.6 Å². The number of carbonyl (C=O) groups excluding carboxylic acids is 1. The predicted octanol–water partition coefficient (Wildman–Crippen LogP) is 4.48. The van der Waals surface area contributed by atoms with Gasteiger partial charge in [-0.2, -0.15) is 0 Å². The number of nitrogens with one attached hydrogen (secondary N) is 1. The normalized spacial score (nSPS) is 11.4. The molecule has 6 heteroatoms. The second-order valence-electron chi connectivity index (χ2n) is 6.95. The number of carbonyl (C=O) groups is 1. The summed E-state index contributed by atoms with van der Waals surface area (Å²) in [6.07, 6.45) is 1.95. The Hall–Kier alpha value is -2.34. The van der Waals surface area contributed by atoms with Gasteiger partial charge in [-0.15, -0.1) is 0 Å². The zero-order chi connectivity index (χ0) is 20.0. The lowest BCUT2D eigenvalue weighted by molar-refractivity contribution is 0.0793. The Morgan fingerprint density at radius 1 is 1.07 bits per heavy atom. The lowest BCUT2D eigenvalue weighted by Crippen LogP contribution is -2.27. The van der Waals surface area contributed by atoms with Crippen molar-refractivity contribution in [3.8, 4) is 0 Å². The molecule has 0 heterocycles. The second kappa shape index (κ2) is 9.04. The summed E-state index contributed by atoms with van der Waals surface area (Å²) in [5.74, 6) is 0.0908. The van der Waals surface area contributed by atoms with Crippen LogP contribution in [0.4, 0.5) is 5.69 Å². The van der Waals surface area contributed by atoms with E-state index in [0.717, 1.165) is 18.4 Å². The first-order chi connectivity index (χ1) is 12.8. The van der Waals surface area contributed by atoms with Gasteiger partial charge in [-0.1, -0.05) is 45.4 Å². The van der Waals surface area contributed by atoms with E-state index in [9.17, 15) is 13.2 Å². The van der Waals surface area contributed by atoms with Crippen molar-refractivity contribution in [1.29, 1.82) is 0 Å². The number of sulfonamides is 1. The maximum absolute atomic E-state index is 12.7. The molecule has 0 aliphatic heterocycles. The quantitative estimate of drug-likeness (QED) is 0.725. The van der Waals surface area contributed by atoms with Gasteiger partial charge in [0.25, 0.3) is 15.9 Å². The van der Waals surface area contributed by atoms with E-state index in [-0.39, 0.29) is 16.7 Å². The molecular formula is C21H28N2O3S. The van der Waals surface area contributed by atoms with Crippen molar-refractivity contribution in [2.24, 2.45) is 0 Å². The number of amides is 1. The lowest BCUT2D eigenvalue weighted by atomic mass is 10.0. The molecule has 0 saturated carbocycles. The van der Waals surface area contributed by atoms with Crippen LogP contribution in [0, 0.1) is 0 Å². The van der Waals surface area contributed by atoms with Gasteiger partial charge in [0.05, 0.1) is 10.6 Å². The molecule has 2 rings (SSSR count). The molecule has 0 aliphatic carbocycles. The van der Waals surface area contributed by atoms with Gasteiger partial charge in [0.15, 0.2) is 0 Å². The Morgan fingerprint density at radius 3 is 2.30 bits per heavy atom. The molecular weight excluding hydrogens is 360 g/mol. The summed E-state index contributed by atoms with van der Waals surface area (Å²) in [7, 11) is -1.96. The smallest absolute Gasteiger partial charge is 0.261 e. The number of rotatable bonds is 8. The van der Waals surface area contributed by atoms with Crippen molar-refractivity contribution < 1.29 is 13.2 Å². The standard InChI is InChI=1S/C21H28N2O3S/c1-5-6-15-23(4)21(24)17-11-13-18(14-12-17)27(25,26)22-20-10-8-7-9-19(20)16(2)3/h7-14,16,22H,5-6,15H2,1-4H3. The first-order valence-corrected chi connectivity index (χ1v) is 10.7. The fourth-order valence-corrected chi connectivity index (χ4v) is 3.88. The van der Waals surface area contributed by atoms with E-state index in [1.807, 2.05) is 26.0 Å². The maximum Gasteiger partial charge on any atom is 0.261 e. The van der Waals surface area contributed by atoms with Gasteiger partial charge < -0.3 is 4.90 Å². The van der Waals surface area contributed by atoms with E-state index >= 15 is 0 Å². The Balaban J connectivity index is 2.20. The molecule has 2 aromatic rings. The van der Waals surface area contributed by atoms with Crippen molar-refractivity contribution in [2.45, 2.75) is 44.4 Å². The van der Waals surface area contributed by atoms with Crippen LogP contribution in [-0.4, -0.2) is 32.8 Å². The monoisotopic (exact) mass is 388 g/mol. The molecule has 0 radical (unpaired) electrons. The molecule has 2 aromatic carbocycles. The number of benzene rings is 2. The molecule has 0 aromatic heterocycles. The Bertz CT molecular complexity index is 875. The van der Waals surface area contributed by atoms with Crippen molar-refractivity contribution in [1.82, 2.24) is 4.90 Å². The molecule has 0 unspecified atom stereocenters. The minimum absolute atomic E-state index is 0.106. The van der Waals surface area contributed by atoms with Gasteiger partial charge >= 0.3 is 0 Å². The zero-order valence-corrected chi connectivity index (χ0v) is 17.2. The highest BCUT2D eigenvalue weighted by Crippen LogP contribution is 2.26. The number of anilines is 1. The Kier molecular flexibility index (Phi) is 7.02. The van der Waals surface area contributed by atoms with Crippen molar-refractivity contribution in [3.63, 3.8) is 0 Å². The number of nitrogens with zero attached hydrogens (tertiary/aromatic N) is 1. The number of unbranched alkanes of at least 4 members (excludes halogenated alkanes) is 1. The summed E-state index contributed by atoms with van der Waals surface area (Å²) in [6, 6.07) is 13.4. The highest BCUT2D eigenvalue weighted by molar-refractivity contribution is 7.92. The zero-order valence-electron chi connectivity index (χ0n) is 16.4. The first kappa shape index (κ1) is 21.0. The molecule has 0 aliphatic rings. The van der Waals surface area contributed by atoms with Gasteiger partial charge in [0, 0.05) is 19.2 Å². The molecule has 5 nitrogen and oxygen atoms in total. The third-order valence-electron chi connectivity index (χ3n) is 4.43. The summed E-state index contributed by atoms with van der Waals surface area (Å²) in [5, 5.41) is 0. The van der Waals surface area contributed by atoms with Crippen LogP contribution < -0.4 is 4.72 Å². The highest BCUT2D eigenvalue weighted by Gasteiger charge is 2.18. The van der Waals surface area contributed by atoms with Crippen LogP contribution in [0.2, 0.25) is 0 Å². The molecule has 0 saturated heterocycles. The van der Waals surface area contributed by atoms with E-state index in [0.29, 0.717) is 17.8 Å². The highest BCUT2D eigenvalue weighted by atomic mass is 32.2. The summed E-state index contributed by atoms with van der Waals surface area (Å²) in [6.45, 7) is 6.79. The molecule has 146 valence electrons. The SMILES string of the molecule is CCCCN(C)C(=O)c1ccc(S(=O)(=O)Nc2ccccc2C(C)C)cc1. The third kappa shape index (κ3) is 5.32. The van der Waals surface area contributed by atoms with Crippen LogP contribution in [-0.2, 0) is 10.0 Å². The van der Waals surface area contributed by atoms with Crippen molar-refractivity contribution >= 4 is 21.6 Å². The molecule has 0 fully saturated rings. The van der Waals surface area contributed by atoms with Gasteiger partial charge in [0.2, 0.25) is 0 Å². The molecule has 1 N–H and O–H groups in total. The number of para-hydroxylation sites is 1. The predicted molar refractivity (Wildman–Crippen MR) is 110 cm³/mol. The minimum Gasteiger partial charge on any atom is -0.342 e. The summed E-state index contributed by atoms with van der Waals surface area (Å²) in [4.78, 5) is 14.2. The van der Waals surface area contributed by atoms with E-state index in [1.165, 1.54) is 12.1 Å². The third-order valence-corrected chi connectivity index (χ3v) is 5.81. The van der Waals surface area contributed by atoms with Crippen molar-refractivity contribution in [2.75, 3.05) is 18.3 Å². The van der Waals surface area contributed by atoms with Crippen molar-refractivity contribution in [3.05, 3.63) is 59.7 Å². The lowest BCUT2D eigenvalue weighted by Gasteiger charge is -2.17. The second-order valence-corrected chi connectivity index (χ2v) is 8.63. The molecule has 27 heavy (non-hydrogen) atoms. The fraction of sp³-hybridized carbons (Fsp3) is 0.381. The molecule has 0 spiro atoms. The number of hydrogen-bond acceptors (Lipinski definition) is 3.